The van der Waals surface area contributed by atoms with Crippen LogP contribution in [-0.4, -0.2) is 22.6 Å². The number of hydrogen-bond donors (Lipinski definition) is 3. The Morgan fingerprint density at radius 2 is 2.00 bits per heavy atom. The molecule has 110 valence electrons. The maximum atomic E-state index is 11.9. The Hall–Kier alpha value is -1.46. The van der Waals surface area contributed by atoms with E-state index in [1.54, 1.807) is 18.2 Å². The smallest absolute Gasteiger partial charge is 0.329 e. The zero-order chi connectivity index (χ0) is 15.3. The number of benzene rings is 1. The van der Waals surface area contributed by atoms with Crippen LogP contribution < -0.4 is 10.6 Å². The van der Waals surface area contributed by atoms with Gasteiger partial charge in [-0.05, 0) is 25.5 Å². The molecule has 1 rings (SSSR count). The number of hydrogen-bond acceptors (Lipinski definition) is 2. The number of carbonyl (C=O) groups is 2. The molecule has 0 saturated heterocycles. The summed E-state index contributed by atoms with van der Waals surface area (Å²) in [5.74, 6) is -1.09. The number of carboxylic acids is 1. The largest absolute Gasteiger partial charge is 0.480 e. The summed E-state index contributed by atoms with van der Waals surface area (Å²) in [6, 6.07) is 4.15. The molecular weight excluding hydrogens is 303 g/mol. The molecule has 0 aliphatic heterocycles. The number of amides is 2. The van der Waals surface area contributed by atoms with Crippen LogP contribution in [-0.2, 0) is 4.79 Å². The van der Waals surface area contributed by atoms with Gasteiger partial charge in [0.15, 0.2) is 0 Å². The van der Waals surface area contributed by atoms with Gasteiger partial charge in [-0.2, -0.15) is 0 Å². The van der Waals surface area contributed by atoms with Crippen LogP contribution in [0, 0.1) is 0 Å². The van der Waals surface area contributed by atoms with E-state index in [1.165, 1.54) is 6.92 Å². The van der Waals surface area contributed by atoms with E-state index in [-0.39, 0.29) is 5.02 Å². The molecule has 5 nitrogen and oxygen atoms in total. The van der Waals surface area contributed by atoms with Crippen LogP contribution in [0.1, 0.15) is 26.7 Å². The maximum Gasteiger partial charge on any atom is 0.329 e. The zero-order valence-electron chi connectivity index (χ0n) is 11.2. The van der Waals surface area contributed by atoms with Gasteiger partial charge in [-0.3, -0.25) is 0 Å². The lowest BCUT2D eigenvalue weighted by Crippen LogP contribution is -2.53. The van der Waals surface area contributed by atoms with Crippen LogP contribution in [0.15, 0.2) is 18.2 Å². The molecule has 1 unspecified atom stereocenters. The highest BCUT2D eigenvalue weighted by atomic mass is 35.5. The van der Waals surface area contributed by atoms with Gasteiger partial charge in [-0.1, -0.05) is 42.6 Å². The van der Waals surface area contributed by atoms with Crippen molar-refractivity contribution in [1.29, 1.82) is 0 Å². The summed E-state index contributed by atoms with van der Waals surface area (Å²) in [5, 5.41) is 14.6. The summed E-state index contributed by atoms with van der Waals surface area (Å²) >= 11 is 11.8. The van der Waals surface area contributed by atoms with Crippen molar-refractivity contribution in [1.82, 2.24) is 5.32 Å². The summed E-state index contributed by atoms with van der Waals surface area (Å²) in [6.45, 7) is 3.30. The van der Waals surface area contributed by atoms with Crippen LogP contribution in [0.3, 0.4) is 0 Å². The molecule has 0 aromatic heterocycles. The van der Waals surface area contributed by atoms with Crippen molar-refractivity contribution in [2.24, 2.45) is 0 Å². The molecule has 0 heterocycles. The lowest BCUT2D eigenvalue weighted by molar-refractivity contribution is -0.143. The number of halogens is 2. The van der Waals surface area contributed by atoms with Gasteiger partial charge in [0.2, 0.25) is 0 Å². The summed E-state index contributed by atoms with van der Waals surface area (Å²) in [5.41, 5.74) is -1.01. The Balaban J connectivity index is 2.81. The van der Waals surface area contributed by atoms with Crippen molar-refractivity contribution in [3.63, 3.8) is 0 Å². The van der Waals surface area contributed by atoms with Gasteiger partial charge >= 0.3 is 12.0 Å². The lowest BCUT2D eigenvalue weighted by Gasteiger charge is -2.26. The fraction of sp³-hybridized carbons (Fsp3) is 0.385. The second-order valence-corrected chi connectivity index (χ2v) is 5.35. The molecular formula is C13H16Cl2N2O3. The third kappa shape index (κ3) is 4.02. The van der Waals surface area contributed by atoms with E-state index in [4.69, 9.17) is 23.2 Å². The predicted molar refractivity (Wildman–Crippen MR) is 79.6 cm³/mol. The second kappa shape index (κ2) is 6.81. The number of nitrogens with one attached hydrogen (secondary N) is 2. The van der Waals surface area contributed by atoms with E-state index in [1.807, 2.05) is 6.92 Å². The van der Waals surface area contributed by atoms with E-state index < -0.39 is 17.5 Å². The zero-order valence-corrected chi connectivity index (χ0v) is 12.7. The van der Waals surface area contributed by atoms with Crippen molar-refractivity contribution in [3.8, 4) is 0 Å². The minimum absolute atomic E-state index is 0.205. The first kappa shape index (κ1) is 16.6. The highest BCUT2D eigenvalue weighted by molar-refractivity contribution is 6.43. The Labute approximate surface area is 127 Å². The van der Waals surface area contributed by atoms with Crippen LogP contribution in [0.4, 0.5) is 10.5 Å². The van der Waals surface area contributed by atoms with Gasteiger partial charge in [0.1, 0.15) is 5.54 Å². The number of carbonyl (C=O) groups excluding carboxylic acids is 1. The number of aliphatic carboxylic acids is 1. The average Bonchev–Trinajstić information content (AvgIpc) is 2.35. The molecule has 0 fully saturated rings. The van der Waals surface area contributed by atoms with Crippen molar-refractivity contribution < 1.29 is 14.7 Å². The lowest BCUT2D eigenvalue weighted by atomic mass is 9.97. The summed E-state index contributed by atoms with van der Waals surface area (Å²) < 4.78 is 0. The number of urea groups is 1. The van der Waals surface area contributed by atoms with Gasteiger partial charge in [-0.15, -0.1) is 0 Å². The van der Waals surface area contributed by atoms with Gasteiger partial charge in [-0.25, -0.2) is 9.59 Å². The van der Waals surface area contributed by atoms with Crippen LogP contribution in [0.2, 0.25) is 10.0 Å². The topological polar surface area (TPSA) is 78.4 Å². The van der Waals surface area contributed by atoms with Gasteiger partial charge in [0.25, 0.3) is 0 Å². The highest BCUT2D eigenvalue weighted by Gasteiger charge is 2.33. The Morgan fingerprint density at radius 3 is 2.55 bits per heavy atom. The Bertz CT molecular complexity index is 522. The quantitative estimate of drug-likeness (QED) is 0.773. The fourth-order valence-corrected chi connectivity index (χ4v) is 2.08. The van der Waals surface area contributed by atoms with Gasteiger partial charge < -0.3 is 15.7 Å². The molecule has 0 spiro atoms. The summed E-state index contributed by atoms with van der Waals surface area (Å²) in [7, 11) is 0. The Morgan fingerprint density at radius 1 is 1.35 bits per heavy atom. The standard InChI is InChI=1S/C13H16Cl2N2O3/c1-3-7-13(2,11(18)19)17-12(20)16-9-6-4-5-8(14)10(9)15/h4-6H,3,7H2,1-2H3,(H,18,19)(H2,16,17,20). The number of carboxylic acid groups (broad SMARTS) is 1. The van der Waals surface area contributed by atoms with E-state index >= 15 is 0 Å². The molecule has 1 aromatic carbocycles. The summed E-state index contributed by atoms with van der Waals surface area (Å²) in [6.07, 6.45) is 0.944. The summed E-state index contributed by atoms with van der Waals surface area (Å²) in [4.78, 5) is 23.1. The monoisotopic (exact) mass is 318 g/mol. The number of rotatable bonds is 5. The number of anilines is 1. The first-order valence-corrected chi connectivity index (χ1v) is 6.82. The first-order valence-electron chi connectivity index (χ1n) is 6.06. The third-order valence-corrected chi connectivity index (χ3v) is 3.63. The van der Waals surface area contributed by atoms with Crippen molar-refractivity contribution in [2.75, 3.05) is 5.32 Å². The molecule has 0 bridgehead atoms. The highest BCUT2D eigenvalue weighted by Crippen LogP contribution is 2.29. The van der Waals surface area contributed by atoms with E-state index in [2.05, 4.69) is 10.6 Å². The molecule has 1 atom stereocenters. The molecule has 0 aliphatic rings. The molecule has 7 heteroatoms. The van der Waals surface area contributed by atoms with Crippen LogP contribution >= 0.6 is 23.2 Å². The molecule has 0 saturated carbocycles. The van der Waals surface area contributed by atoms with E-state index in [9.17, 15) is 14.7 Å². The van der Waals surface area contributed by atoms with Crippen LogP contribution in [0.25, 0.3) is 0 Å². The minimum atomic E-state index is -1.33. The first-order chi connectivity index (χ1) is 9.30. The molecule has 1 aromatic rings. The normalized spacial score (nSPS) is 13.4. The van der Waals surface area contributed by atoms with E-state index in [0.717, 1.165) is 0 Å². The van der Waals surface area contributed by atoms with Crippen molar-refractivity contribution in [2.45, 2.75) is 32.2 Å². The van der Waals surface area contributed by atoms with E-state index in [0.29, 0.717) is 23.6 Å². The average molecular weight is 319 g/mol. The molecule has 0 radical (unpaired) electrons. The third-order valence-electron chi connectivity index (χ3n) is 2.81. The molecule has 2 amide bonds. The molecule has 20 heavy (non-hydrogen) atoms. The Kier molecular flexibility index (Phi) is 5.65. The van der Waals surface area contributed by atoms with Gasteiger partial charge in [0.05, 0.1) is 15.7 Å². The predicted octanol–water partition coefficient (Wildman–Crippen LogP) is 3.76. The van der Waals surface area contributed by atoms with Gasteiger partial charge in [0, 0.05) is 0 Å². The van der Waals surface area contributed by atoms with Crippen LogP contribution in [0.5, 0.6) is 0 Å². The molecule has 3 N–H and O–H groups in total. The fourth-order valence-electron chi connectivity index (χ4n) is 1.73. The van der Waals surface area contributed by atoms with Crippen molar-refractivity contribution in [3.05, 3.63) is 28.2 Å². The second-order valence-electron chi connectivity index (χ2n) is 4.57. The maximum absolute atomic E-state index is 11.9. The van der Waals surface area contributed by atoms with Crippen molar-refractivity contribution >= 4 is 40.9 Å². The molecule has 0 aliphatic carbocycles. The minimum Gasteiger partial charge on any atom is -0.480 e. The SMILES string of the molecule is CCCC(C)(NC(=O)Nc1cccc(Cl)c1Cl)C(=O)O.